The number of carbonyl (C=O) groups excluding carboxylic acids is 1. The first-order valence-corrected chi connectivity index (χ1v) is 8.40. The Morgan fingerprint density at radius 1 is 1.25 bits per heavy atom. The molecule has 1 amide bonds. The first-order chi connectivity index (χ1) is 11.6. The highest BCUT2D eigenvalue weighted by atomic mass is 32.1. The minimum atomic E-state index is -0.311. The third-order valence-electron chi connectivity index (χ3n) is 3.63. The number of hydrogen-bond acceptors (Lipinski definition) is 4. The summed E-state index contributed by atoms with van der Waals surface area (Å²) in [4.78, 5) is 21.7. The lowest BCUT2D eigenvalue weighted by Crippen LogP contribution is -2.25. The summed E-state index contributed by atoms with van der Waals surface area (Å²) in [5.41, 5.74) is 4.61. The van der Waals surface area contributed by atoms with Crippen molar-refractivity contribution < 1.29 is 9.18 Å². The molecule has 3 rings (SSSR count). The molecule has 0 aliphatic heterocycles. The van der Waals surface area contributed by atoms with Crippen molar-refractivity contribution in [3.05, 3.63) is 70.1 Å². The van der Waals surface area contributed by atoms with Gasteiger partial charge in [0.25, 0.3) is 5.91 Å². The highest BCUT2D eigenvalue weighted by Crippen LogP contribution is 2.18. The molecule has 0 saturated carbocycles. The van der Waals surface area contributed by atoms with E-state index in [1.54, 1.807) is 35.6 Å². The summed E-state index contributed by atoms with van der Waals surface area (Å²) in [6, 6.07) is 9.63. The number of aryl methyl sites for hydroxylation is 1. The van der Waals surface area contributed by atoms with E-state index in [9.17, 15) is 9.18 Å². The summed E-state index contributed by atoms with van der Waals surface area (Å²) in [7, 11) is 0. The lowest BCUT2D eigenvalue weighted by Gasteiger charge is -2.06. The first-order valence-electron chi connectivity index (χ1n) is 7.52. The molecule has 0 saturated heterocycles. The molecule has 0 aliphatic rings. The van der Waals surface area contributed by atoms with Crippen molar-refractivity contribution in [3.63, 3.8) is 0 Å². The van der Waals surface area contributed by atoms with Gasteiger partial charge in [0.2, 0.25) is 0 Å². The Bertz CT molecular complexity index is 845. The van der Waals surface area contributed by atoms with Crippen molar-refractivity contribution in [2.45, 2.75) is 13.3 Å². The van der Waals surface area contributed by atoms with Crippen LogP contribution in [0.4, 0.5) is 4.39 Å². The Morgan fingerprint density at radius 3 is 2.79 bits per heavy atom. The van der Waals surface area contributed by atoms with Gasteiger partial charge in [0.05, 0.1) is 22.5 Å². The fraction of sp³-hybridized carbons (Fsp3) is 0.167. The van der Waals surface area contributed by atoms with Crippen LogP contribution in [-0.4, -0.2) is 22.4 Å². The van der Waals surface area contributed by atoms with Crippen LogP contribution in [0.3, 0.4) is 0 Å². The van der Waals surface area contributed by atoms with Crippen molar-refractivity contribution in [2.24, 2.45) is 0 Å². The molecule has 1 aromatic carbocycles. The van der Waals surface area contributed by atoms with E-state index in [0.717, 1.165) is 12.1 Å². The fourth-order valence-corrected chi connectivity index (χ4v) is 3.09. The number of amides is 1. The predicted octanol–water partition coefficient (Wildman–Crippen LogP) is 3.63. The molecule has 0 bridgehead atoms. The van der Waals surface area contributed by atoms with Crippen molar-refractivity contribution in [3.8, 4) is 11.3 Å². The molecule has 2 aromatic heterocycles. The lowest BCUT2D eigenvalue weighted by molar-refractivity contribution is 0.0954. The minimum absolute atomic E-state index is 0.171. The van der Waals surface area contributed by atoms with E-state index in [4.69, 9.17) is 0 Å². The van der Waals surface area contributed by atoms with Gasteiger partial charge < -0.3 is 5.32 Å². The Morgan fingerprint density at radius 2 is 2.12 bits per heavy atom. The second-order valence-corrected chi connectivity index (χ2v) is 6.25. The van der Waals surface area contributed by atoms with Gasteiger partial charge in [-0.1, -0.05) is 12.1 Å². The van der Waals surface area contributed by atoms with Gasteiger partial charge in [0.15, 0.2) is 0 Å². The third kappa shape index (κ3) is 3.83. The van der Waals surface area contributed by atoms with Gasteiger partial charge in [-0.05, 0) is 31.2 Å². The maximum atomic E-state index is 13.2. The number of rotatable bonds is 5. The average Bonchev–Trinajstić information content (AvgIpc) is 3.00. The van der Waals surface area contributed by atoms with Gasteiger partial charge in [-0.3, -0.25) is 9.78 Å². The van der Waals surface area contributed by atoms with Crippen molar-refractivity contribution in [2.75, 3.05) is 6.54 Å². The maximum absolute atomic E-state index is 13.2. The lowest BCUT2D eigenvalue weighted by atomic mass is 10.1. The molecule has 3 aromatic rings. The van der Waals surface area contributed by atoms with Crippen LogP contribution in [-0.2, 0) is 6.42 Å². The molecule has 0 fully saturated rings. The summed E-state index contributed by atoms with van der Waals surface area (Å²) in [5.74, 6) is -0.482. The summed E-state index contributed by atoms with van der Waals surface area (Å²) in [6.07, 6.45) is 2.27. The topological polar surface area (TPSA) is 54.9 Å². The number of hydrogen-bond donors (Lipinski definition) is 1. The van der Waals surface area contributed by atoms with Crippen LogP contribution >= 0.6 is 11.3 Å². The molecular weight excluding hydrogens is 325 g/mol. The Labute approximate surface area is 143 Å². The molecule has 0 unspecified atom stereocenters. The average molecular weight is 341 g/mol. The van der Waals surface area contributed by atoms with Crippen LogP contribution < -0.4 is 5.32 Å². The zero-order valence-corrected chi connectivity index (χ0v) is 13.9. The largest absolute Gasteiger partial charge is 0.352 e. The molecule has 4 nitrogen and oxygen atoms in total. The number of pyridine rings is 1. The van der Waals surface area contributed by atoms with E-state index < -0.39 is 0 Å². The summed E-state index contributed by atoms with van der Waals surface area (Å²) in [5, 5.41) is 2.87. The summed E-state index contributed by atoms with van der Waals surface area (Å²) < 4.78 is 13.2. The van der Waals surface area contributed by atoms with Crippen molar-refractivity contribution in [1.82, 2.24) is 15.3 Å². The van der Waals surface area contributed by atoms with Crippen LogP contribution in [0, 0.1) is 12.7 Å². The molecule has 122 valence electrons. The molecule has 1 N–H and O–H groups in total. The molecule has 24 heavy (non-hydrogen) atoms. The highest BCUT2D eigenvalue weighted by molar-refractivity contribution is 7.09. The van der Waals surface area contributed by atoms with E-state index in [-0.39, 0.29) is 11.7 Å². The second-order valence-electron chi connectivity index (χ2n) is 5.31. The maximum Gasteiger partial charge on any atom is 0.252 e. The molecular formula is C18H16FN3OS. The quantitative estimate of drug-likeness (QED) is 0.771. The van der Waals surface area contributed by atoms with E-state index in [0.29, 0.717) is 23.4 Å². The Hall–Kier alpha value is -2.60. The standard InChI is InChI=1S/C18H16FN3OS/c1-12-17(24-11-22-12)7-8-20-18(23)14-5-6-16(21-10-14)13-3-2-4-15(19)9-13/h2-6,9-11H,7-8H2,1H3,(H,20,23). The predicted molar refractivity (Wildman–Crippen MR) is 92.5 cm³/mol. The van der Waals surface area contributed by atoms with E-state index in [1.807, 2.05) is 12.4 Å². The normalized spacial score (nSPS) is 10.6. The van der Waals surface area contributed by atoms with Gasteiger partial charge in [0, 0.05) is 29.6 Å². The van der Waals surface area contributed by atoms with Crippen molar-refractivity contribution >= 4 is 17.2 Å². The summed E-state index contributed by atoms with van der Waals surface area (Å²) >= 11 is 1.59. The van der Waals surface area contributed by atoms with Gasteiger partial charge in [0.1, 0.15) is 5.82 Å². The number of aromatic nitrogens is 2. The Kier molecular flexibility index (Phi) is 4.96. The Balaban J connectivity index is 1.60. The molecule has 6 heteroatoms. The van der Waals surface area contributed by atoms with Crippen molar-refractivity contribution in [1.29, 1.82) is 0 Å². The minimum Gasteiger partial charge on any atom is -0.352 e. The smallest absolute Gasteiger partial charge is 0.252 e. The monoisotopic (exact) mass is 341 g/mol. The van der Waals surface area contributed by atoms with E-state index in [1.165, 1.54) is 23.2 Å². The number of nitrogens with zero attached hydrogens (tertiary/aromatic N) is 2. The second kappa shape index (κ2) is 7.31. The fourth-order valence-electron chi connectivity index (χ4n) is 2.30. The first kappa shape index (κ1) is 16.3. The molecule has 0 aliphatic carbocycles. The van der Waals surface area contributed by atoms with Gasteiger partial charge in [-0.25, -0.2) is 9.37 Å². The van der Waals surface area contributed by atoms with Crippen LogP contribution in [0.2, 0.25) is 0 Å². The summed E-state index contributed by atoms with van der Waals surface area (Å²) in [6.45, 7) is 2.51. The van der Waals surface area contributed by atoms with Crippen LogP contribution in [0.5, 0.6) is 0 Å². The third-order valence-corrected chi connectivity index (χ3v) is 4.62. The molecule has 2 heterocycles. The molecule has 0 radical (unpaired) electrons. The number of benzene rings is 1. The number of nitrogens with one attached hydrogen (secondary N) is 1. The number of carbonyl (C=O) groups is 1. The van der Waals surface area contributed by atoms with Crippen LogP contribution in [0.25, 0.3) is 11.3 Å². The number of thiazole rings is 1. The van der Waals surface area contributed by atoms with Crippen LogP contribution in [0.1, 0.15) is 20.9 Å². The number of halogens is 1. The van der Waals surface area contributed by atoms with Gasteiger partial charge >= 0.3 is 0 Å². The van der Waals surface area contributed by atoms with Gasteiger partial charge in [-0.15, -0.1) is 11.3 Å². The van der Waals surface area contributed by atoms with Crippen LogP contribution in [0.15, 0.2) is 48.1 Å². The molecule has 0 atom stereocenters. The zero-order valence-electron chi connectivity index (χ0n) is 13.1. The SMILES string of the molecule is Cc1ncsc1CCNC(=O)c1ccc(-c2cccc(F)c2)nc1. The van der Waals surface area contributed by atoms with E-state index >= 15 is 0 Å². The molecule has 0 spiro atoms. The van der Waals surface area contributed by atoms with Gasteiger partial charge in [-0.2, -0.15) is 0 Å². The zero-order chi connectivity index (χ0) is 16.9. The van der Waals surface area contributed by atoms with E-state index in [2.05, 4.69) is 15.3 Å². The highest BCUT2D eigenvalue weighted by Gasteiger charge is 2.08.